The Morgan fingerprint density at radius 3 is 2.17 bits per heavy atom. The van der Waals surface area contributed by atoms with Crippen LogP contribution in [0.15, 0.2) is 59.4 Å². The monoisotopic (exact) mass is 563 g/mol. The number of carbonyl (C=O) groups excluding carboxylic acids is 1. The average molecular weight is 564 g/mol. The first-order valence-corrected chi connectivity index (χ1v) is 13.4. The van der Waals surface area contributed by atoms with Crippen LogP contribution in [0, 0.1) is 4.77 Å². The highest BCUT2D eigenvalue weighted by atomic mass is 32.1. The van der Waals surface area contributed by atoms with Crippen LogP contribution in [0.25, 0.3) is 10.9 Å². The zero-order chi connectivity index (χ0) is 28.6. The Kier molecular flexibility index (Phi) is 9.44. The SMILES string of the molecule is CCOc1cc2[nH]c(=S)n(Cc3ccc(C(=O)NCCc4ccc(OC)c(OC)c4)cc3)c(=O)c2cc1OCC. The van der Waals surface area contributed by atoms with Crippen molar-refractivity contribution in [3.05, 3.63) is 86.4 Å². The summed E-state index contributed by atoms with van der Waals surface area (Å²) in [7, 11) is 3.18. The quantitative estimate of drug-likeness (QED) is 0.237. The van der Waals surface area contributed by atoms with Crippen molar-refractivity contribution in [1.29, 1.82) is 0 Å². The number of carbonyl (C=O) groups is 1. The number of nitrogens with one attached hydrogen (secondary N) is 2. The second kappa shape index (κ2) is 13.2. The second-order valence-electron chi connectivity index (χ2n) is 8.92. The summed E-state index contributed by atoms with van der Waals surface area (Å²) in [6, 6.07) is 16.2. The topological polar surface area (TPSA) is 104 Å². The number of fused-ring (bicyclic) bond motifs is 1. The number of benzene rings is 3. The first kappa shape index (κ1) is 28.7. The predicted octanol–water partition coefficient (Wildman–Crippen LogP) is 4.89. The summed E-state index contributed by atoms with van der Waals surface area (Å²) in [6.45, 7) is 5.39. The number of ether oxygens (including phenoxy) is 4. The molecule has 10 heteroatoms. The molecule has 0 aliphatic carbocycles. The fourth-order valence-electron chi connectivity index (χ4n) is 4.34. The van der Waals surface area contributed by atoms with Gasteiger partial charge in [0.15, 0.2) is 27.8 Å². The molecule has 1 amide bonds. The number of methoxy groups -OCH3 is 2. The van der Waals surface area contributed by atoms with Gasteiger partial charge in [0.1, 0.15) is 0 Å². The van der Waals surface area contributed by atoms with E-state index in [0.29, 0.717) is 70.4 Å². The minimum Gasteiger partial charge on any atom is -0.493 e. The lowest BCUT2D eigenvalue weighted by molar-refractivity contribution is 0.0954. The summed E-state index contributed by atoms with van der Waals surface area (Å²) >= 11 is 5.50. The molecule has 3 aromatic carbocycles. The van der Waals surface area contributed by atoms with Gasteiger partial charge in [-0.05, 0) is 73.9 Å². The normalized spacial score (nSPS) is 10.8. The highest BCUT2D eigenvalue weighted by Gasteiger charge is 2.14. The van der Waals surface area contributed by atoms with Gasteiger partial charge in [0.2, 0.25) is 0 Å². The summed E-state index contributed by atoms with van der Waals surface area (Å²) in [5, 5.41) is 3.39. The predicted molar refractivity (Wildman–Crippen MR) is 157 cm³/mol. The van der Waals surface area contributed by atoms with E-state index in [0.717, 1.165) is 11.1 Å². The van der Waals surface area contributed by atoms with Crippen molar-refractivity contribution < 1.29 is 23.7 Å². The smallest absolute Gasteiger partial charge is 0.262 e. The van der Waals surface area contributed by atoms with Gasteiger partial charge in [0.25, 0.3) is 11.5 Å². The van der Waals surface area contributed by atoms with E-state index in [-0.39, 0.29) is 18.0 Å². The van der Waals surface area contributed by atoms with Gasteiger partial charge >= 0.3 is 0 Å². The first-order valence-electron chi connectivity index (χ1n) is 13.0. The van der Waals surface area contributed by atoms with E-state index in [4.69, 9.17) is 31.2 Å². The number of aromatic amines is 1. The van der Waals surface area contributed by atoms with E-state index < -0.39 is 0 Å². The summed E-state index contributed by atoms with van der Waals surface area (Å²) in [6.07, 6.45) is 0.643. The molecule has 1 heterocycles. The van der Waals surface area contributed by atoms with Gasteiger partial charge in [0, 0.05) is 18.2 Å². The van der Waals surface area contributed by atoms with E-state index in [1.54, 1.807) is 38.5 Å². The molecule has 210 valence electrons. The largest absolute Gasteiger partial charge is 0.493 e. The van der Waals surface area contributed by atoms with Gasteiger partial charge in [-0.25, -0.2) is 0 Å². The molecule has 0 aliphatic heterocycles. The van der Waals surface area contributed by atoms with Crippen LogP contribution < -0.4 is 29.8 Å². The third kappa shape index (κ3) is 6.45. The molecule has 40 heavy (non-hydrogen) atoms. The molecule has 0 bridgehead atoms. The number of aromatic nitrogens is 2. The van der Waals surface area contributed by atoms with Crippen molar-refractivity contribution in [3.8, 4) is 23.0 Å². The number of H-pyrrole nitrogens is 1. The maximum atomic E-state index is 13.4. The highest BCUT2D eigenvalue weighted by molar-refractivity contribution is 7.71. The number of nitrogens with zero attached hydrogens (tertiary/aromatic N) is 1. The molecule has 0 radical (unpaired) electrons. The van der Waals surface area contributed by atoms with Crippen molar-refractivity contribution in [2.45, 2.75) is 26.8 Å². The zero-order valence-electron chi connectivity index (χ0n) is 23.0. The van der Waals surface area contributed by atoms with Crippen LogP contribution in [0.5, 0.6) is 23.0 Å². The van der Waals surface area contributed by atoms with Crippen molar-refractivity contribution in [3.63, 3.8) is 0 Å². The number of hydrogen-bond donors (Lipinski definition) is 2. The minimum atomic E-state index is -0.236. The number of amides is 1. The fraction of sp³-hybridized carbons (Fsp3) is 0.300. The Labute approximate surface area is 237 Å². The molecule has 4 aromatic rings. The van der Waals surface area contributed by atoms with E-state index in [1.807, 2.05) is 44.2 Å². The van der Waals surface area contributed by atoms with E-state index in [2.05, 4.69) is 10.3 Å². The van der Waals surface area contributed by atoms with Gasteiger partial charge in [-0.3, -0.25) is 14.2 Å². The summed E-state index contributed by atoms with van der Waals surface area (Å²) in [5.41, 5.74) is 2.72. The van der Waals surface area contributed by atoms with E-state index in [1.165, 1.54) is 4.57 Å². The maximum Gasteiger partial charge on any atom is 0.262 e. The van der Waals surface area contributed by atoms with Gasteiger partial charge in [0.05, 0.1) is 44.9 Å². The first-order chi connectivity index (χ1) is 19.4. The summed E-state index contributed by atoms with van der Waals surface area (Å²) < 4.78 is 23.7. The third-order valence-corrected chi connectivity index (χ3v) is 6.67. The van der Waals surface area contributed by atoms with Crippen LogP contribution in [-0.4, -0.2) is 49.4 Å². The standard InChI is InChI=1S/C30H33N3O6S/c1-5-38-26-16-22-23(17-27(26)39-6-2)32-30(40)33(29(22)35)18-20-7-10-21(11-8-20)28(34)31-14-13-19-9-12-24(36-3)25(15-19)37-4/h7-12,15-17H,5-6,13-14,18H2,1-4H3,(H,31,34)(H,32,40). The molecule has 0 fully saturated rings. The highest BCUT2D eigenvalue weighted by Crippen LogP contribution is 2.31. The molecule has 0 spiro atoms. The van der Waals surface area contributed by atoms with Crippen LogP contribution in [0.1, 0.15) is 35.3 Å². The fourth-order valence-corrected chi connectivity index (χ4v) is 4.60. The number of rotatable bonds is 12. The lowest BCUT2D eigenvalue weighted by atomic mass is 10.1. The molecule has 9 nitrogen and oxygen atoms in total. The van der Waals surface area contributed by atoms with Crippen molar-refractivity contribution >= 4 is 29.0 Å². The summed E-state index contributed by atoms with van der Waals surface area (Å²) in [5.74, 6) is 2.19. The van der Waals surface area contributed by atoms with Crippen molar-refractivity contribution in [1.82, 2.24) is 14.9 Å². The molecule has 0 saturated heterocycles. The zero-order valence-corrected chi connectivity index (χ0v) is 23.9. The average Bonchev–Trinajstić information content (AvgIpc) is 2.96. The molecule has 1 aromatic heterocycles. The van der Waals surface area contributed by atoms with Gasteiger partial charge < -0.3 is 29.2 Å². The molecule has 0 saturated carbocycles. The third-order valence-electron chi connectivity index (χ3n) is 6.35. The Morgan fingerprint density at radius 1 is 0.875 bits per heavy atom. The maximum absolute atomic E-state index is 13.4. The van der Waals surface area contributed by atoms with Gasteiger partial charge in [-0.1, -0.05) is 18.2 Å². The van der Waals surface area contributed by atoms with Gasteiger partial charge in [-0.15, -0.1) is 0 Å². The molecule has 0 unspecified atom stereocenters. The molecular weight excluding hydrogens is 530 g/mol. The second-order valence-corrected chi connectivity index (χ2v) is 9.31. The number of hydrogen-bond acceptors (Lipinski definition) is 7. The van der Waals surface area contributed by atoms with Crippen LogP contribution in [0.2, 0.25) is 0 Å². The minimum absolute atomic E-state index is 0.180. The van der Waals surface area contributed by atoms with Crippen molar-refractivity contribution in [2.75, 3.05) is 34.0 Å². The van der Waals surface area contributed by atoms with Crippen LogP contribution >= 0.6 is 12.2 Å². The Hall–Kier alpha value is -4.31. The molecule has 0 atom stereocenters. The Bertz CT molecular complexity index is 1610. The van der Waals surface area contributed by atoms with Gasteiger partial charge in [-0.2, -0.15) is 0 Å². The molecule has 4 rings (SSSR count). The molecular formula is C30H33N3O6S. The summed E-state index contributed by atoms with van der Waals surface area (Å²) in [4.78, 5) is 29.2. The van der Waals surface area contributed by atoms with Crippen LogP contribution in [0.3, 0.4) is 0 Å². The van der Waals surface area contributed by atoms with Crippen molar-refractivity contribution in [2.24, 2.45) is 0 Å². The Morgan fingerprint density at radius 2 is 1.52 bits per heavy atom. The molecule has 2 N–H and O–H groups in total. The van der Waals surface area contributed by atoms with E-state index >= 15 is 0 Å². The lowest BCUT2D eigenvalue weighted by Gasteiger charge is -2.14. The van der Waals surface area contributed by atoms with Crippen LogP contribution in [-0.2, 0) is 13.0 Å². The lowest BCUT2D eigenvalue weighted by Crippen LogP contribution is -2.26. The van der Waals surface area contributed by atoms with Crippen LogP contribution in [0.4, 0.5) is 0 Å². The molecule has 0 aliphatic rings. The Balaban J connectivity index is 1.45. The van der Waals surface area contributed by atoms with E-state index in [9.17, 15) is 9.59 Å².